The van der Waals surface area contributed by atoms with Gasteiger partial charge in [0.15, 0.2) is 0 Å². The number of hydrogen-bond acceptors (Lipinski definition) is 2. The van der Waals surface area contributed by atoms with E-state index in [1.807, 2.05) is 0 Å². The van der Waals surface area contributed by atoms with Crippen LogP contribution in [0.1, 0.15) is 66.2 Å². The second-order valence-electron chi connectivity index (χ2n) is 6.10. The van der Waals surface area contributed by atoms with E-state index < -0.39 is 0 Å². The van der Waals surface area contributed by atoms with Crippen LogP contribution in [0.15, 0.2) is 0 Å². The largest absolute Gasteiger partial charge is 0.378 e. The van der Waals surface area contributed by atoms with Crippen LogP contribution in [0.3, 0.4) is 0 Å². The maximum absolute atomic E-state index is 6.02. The molecule has 108 valence electrons. The van der Waals surface area contributed by atoms with Crippen LogP contribution in [0, 0.1) is 11.8 Å². The SMILES string of the molecule is CCC(C)COC1CCCC(OCC(C)CC)C1. The molecular formula is C16H32O2. The minimum Gasteiger partial charge on any atom is -0.378 e. The Hall–Kier alpha value is -0.0800. The summed E-state index contributed by atoms with van der Waals surface area (Å²) in [5.74, 6) is 1.37. The lowest BCUT2D eigenvalue weighted by molar-refractivity contribution is -0.0581. The summed E-state index contributed by atoms with van der Waals surface area (Å²) in [7, 11) is 0. The maximum atomic E-state index is 6.02. The molecule has 4 atom stereocenters. The molecule has 0 aromatic heterocycles. The first kappa shape index (κ1) is 16.0. The third kappa shape index (κ3) is 6.19. The predicted octanol–water partition coefficient (Wildman–Crippen LogP) is 4.42. The van der Waals surface area contributed by atoms with Gasteiger partial charge < -0.3 is 9.47 Å². The van der Waals surface area contributed by atoms with Crippen LogP contribution in [0.25, 0.3) is 0 Å². The van der Waals surface area contributed by atoms with E-state index in [1.54, 1.807) is 0 Å². The van der Waals surface area contributed by atoms with E-state index >= 15 is 0 Å². The Bertz CT molecular complexity index is 185. The molecule has 1 rings (SSSR count). The topological polar surface area (TPSA) is 18.5 Å². The molecule has 1 fully saturated rings. The predicted molar refractivity (Wildman–Crippen MR) is 76.9 cm³/mol. The molecule has 0 saturated heterocycles. The first-order chi connectivity index (χ1) is 8.65. The van der Waals surface area contributed by atoms with Crippen molar-refractivity contribution in [2.45, 2.75) is 78.4 Å². The van der Waals surface area contributed by atoms with E-state index in [-0.39, 0.29) is 0 Å². The maximum Gasteiger partial charge on any atom is 0.0600 e. The number of rotatable bonds is 8. The van der Waals surface area contributed by atoms with Gasteiger partial charge in [-0.1, -0.05) is 40.5 Å². The van der Waals surface area contributed by atoms with Gasteiger partial charge in [-0.05, 0) is 37.5 Å². The van der Waals surface area contributed by atoms with E-state index in [0.29, 0.717) is 24.0 Å². The summed E-state index contributed by atoms with van der Waals surface area (Å²) >= 11 is 0. The Morgan fingerprint density at radius 1 is 0.889 bits per heavy atom. The van der Waals surface area contributed by atoms with Gasteiger partial charge in [-0.25, -0.2) is 0 Å². The molecule has 1 saturated carbocycles. The molecule has 2 nitrogen and oxygen atoms in total. The fourth-order valence-corrected chi connectivity index (χ4v) is 2.24. The standard InChI is InChI=1S/C16H32O2/c1-5-13(3)11-17-15-8-7-9-16(10-15)18-12-14(4)6-2/h13-16H,5-12H2,1-4H3. The van der Waals surface area contributed by atoms with Crippen molar-refractivity contribution in [1.29, 1.82) is 0 Å². The van der Waals surface area contributed by atoms with Crippen molar-refractivity contribution in [3.63, 3.8) is 0 Å². The third-order valence-corrected chi connectivity index (χ3v) is 4.20. The van der Waals surface area contributed by atoms with Crippen LogP contribution in [-0.4, -0.2) is 25.4 Å². The Morgan fingerprint density at radius 3 is 1.72 bits per heavy atom. The smallest absolute Gasteiger partial charge is 0.0600 e. The fourth-order valence-electron chi connectivity index (χ4n) is 2.24. The lowest BCUT2D eigenvalue weighted by Crippen LogP contribution is -2.30. The molecule has 0 amide bonds. The summed E-state index contributed by atoms with van der Waals surface area (Å²) in [5, 5.41) is 0. The second-order valence-corrected chi connectivity index (χ2v) is 6.10. The van der Waals surface area contributed by atoms with Gasteiger partial charge in [0.2, 0.25) is 0 Å². The van der Waals surface area contributed by atoms with Crippen LogP contribution < -0.4 is 0 Å². The molecule has 0 aromatic rings. The van der Waals surface area contributed by atoms with Crippen LogP contribution in [0.2, 0.25) is 0 Å². The van der Waals surface area contributed by atoms with Crippen LogP contribution >= 0.6 is 0 Å². The highest BCUT2D eigenvalue weighted by Gasteiger charge is 2.23. The molecule has 1 aliphatic rings. The molecule has 0 heterocycles. The van der Waals surface area contributed by atoms with Gasteiger partial charge in [0.1, 0.15) is 0 Å². The molecule has 0 aromatic carbocycles. The van der Waals surface area contributed by atoms with Crippen molar-refractivity contribution in [3.8, 4) is 0 Å². The zero-order chi connectivity index (χ0) is 13.4. The van der Waals surface area contributed by atoms with Gasteiger partial charge in [0.05, 0.1) is 12.2 Å². The quantitative estimate of drug-likeness (QED) is 0.640. The van der Waals surface area contributed by atoms with Crippen LogP contribution in [0.4, 0.5) is 0 Å². The summed E-state index contributed by atoms with van der Waals surface area (Å²) in [6, 6.07) is 0. The molecule has 0 bridgehead atoms. The normalized spacial score (nSPS) is 28.0. The van der Waals surface area contributed by atoms with E-state index in [9.17, 15) is 0 Å². The minimum atomic E-state index is 0.440. The second kappa shape index (κ2) is 8.92. The Balaban J connectivity index is 2.19. The molecule has 2 heteroatoms. The van der Waals surface area contributed by atoms with Crippen molar-refractivity contribution in [2.24, 2.45) is 11.8 Å². The van der Waals surface area contributed by atoms with Gasteiger partial charge in [-0.15, -0.1) is 0 Å². The molecule has 0 N–H and O–H groups in total. The highest BCUT2D eigenvalue weighted by molar-refractivity contribution is 4.74. The van der Waals surface area contributed by atoms with E-state index in [0.717, 1.165) is 19.6 Å². The molecular weight excluding hydrogens is 224 g/mol. The zero-order valence-electron chi connectivity index (χ0n) is 12.8. The first-order valence-electron chi connectivity index (χ1n) is 7.88. The van der Waals surface area contributed by atoms with Gasteiger partial charge in [-0.2, -0.15) is 0 Å². The highest BCUT2D eigenvalue weighted by atomic mass is 16.5. The van der Waals surface area contributed by atoms with Gasteiger partial charge >= 0.3 is 0 Å². The minimum absolute atomic E-state index is 0.440. The summed E-state index contributed by atoms with van der Waals surface area (Å²) in [5.41, 5.74) is 0. The lowest BCUT2D eigenvalue weighted by Gasteiger charge is -2.30. The van der Waals surface area contributed by atoms with Crippen molar-refractivity contribution < 1.29 is 9.47 Å². The average Bonchev–Trinajstić information content (AvgIpc) is 2.42. The number of hydrogen-bond donors (Lipinski definition) is 0. The summed E-state index contributed by atoms with van der Waals surface area (Å²) in [6.45, 7) is 10.8. The molecule has 1 aliphatic carbocycles. The Morgan fingerprint density at radius 2 is 1.33 bits per heavy atom. The highest BCUT2D eigenvalue weighted by Crippen LogP contribution is 2.24. The monoisotopic (exact) mass is 256 g/mol. The Kier molecular flexibility index (Phi) is 7.92. The summed E-state index contributed by atoms with van der Waals surface area (Å²) in [6.07, 6.45) is 8.11. The Labute approximate surface area is 113 Å². The third-order valence-electron chi connectivity index (χ3n) is 4.20. The van der Waals surface area contributed by atoms with Crippen molar-refractivity contribution >= 4 is 0 Å². The molecule has 18 heavy (non-hydrogen) atoms. The van der Waals surface area contributed by atoms with Gasteiger partial charge in [-0.3, -0.25) is 0 Å². The molecule has 0 aliphatic heterocycles. The zero-order valence-corrected chi connectivity index (χ0v) is 12.8. The van der Waals surface area contributed by atoms with Gasteiger partial charge in [0.25, 0.3) is 0 Å². The summed E-state index contributed by atoms with van der Waals surface area (Å²) < 4.78 is 12.0. The van der Waals surface area contributed by atoms with Crippen molar-refractivity contribution in [2.75, 3.05) is 13.2 Å². The van der Waals surface area contributed by atoms with Crippen molar-refractivity contribution in [3.05, 3.63) is 0 Å². The fraction of sp³-hybridized carbons (Fsp3) is 1.00. The number of ether oxygens (including phenoxy) is 2. The summed E-state index contributed by atoms with van der Waals surface area (Å²) in [4.78, 5) is 0. The molecule has 0 spiro atoms. The van der Waals surface area contributed by atoms with E-state index in [2.05, 4.69) is 27.7 Å². The average molecular weight is 256 g/mol. The molecule has 4 unspecified atom stereocenters. The lowest BCUT2D eigenvalue weighted by atomic mass is 9.94. The molecule has 0 radical (unpaired) electrons. The van der Waals surface area contributed by atoms with E-state index in [4.69, 9.17) is 9.47 Å². The first-order valence-corrected chi connectivity index (χ1v) is 7.88. The van der Waals surface area contributed by atoms with Crippen LogP contribution in [-0.2, 0) is 9.47 Å². The van der Waals surface area contributed by atoms with Crippen molar-refractivity contribution in [1.82, 2.24) is 0 Å². The van der Waals surface area contributed by atoms with Crippen LogP contribution in [0.5, 0.6) is 0 Å². The van der Waals surface area contributed by atoms with E-state index in [1.165, 1.54) is 32.1 Å². The van der Waals surface area contributed by atoms with Gasteiger partial charge in [0, 0.05) is 13.2 Å².